The Hall–Kier alpha value is -7.20. The Kier molecular flexibility index (Phi) is 16.8. The van der Waals surface area contributed by atoms with Crippen molar-refractivity contribution < 1.29 is 45.1 Å². The van der Waals surface area contributed by atoms with E-state index in [2.05, 4.69) is 55.4 Å². The zero-order chi connectivity index (χ0) is 54.5. The van der Waals surface area contributed by atoms with Gasteiger partial charge in [0.2, 0.25) is 27.8 Å². The summed E-state index contributed by atoms with van der Waals surface area (Å²) in [4.78, 5) is 49.3. The number of rotatable bonds is 19. The average Bonchev–Trinajstić information content (AvgIpc) is 4.04. The van der Waals surface area contributed by atoms with Gasteiger partial charge in [-0.2, -0.15) is 5.26 Å². The molecule has 1 aromatic heterocycles. The van der Waals surface area contributed by atoms with Crippen LogP contribution in [-0.2, 0) is 35.0 Å². The van der Waals surface area contributed by atoms with Crippen LogP contribution in [0, 0.1) is 23.7 Å². The van der Waals surface area contributed by atoms with E-state index >= 15 is 0 Å². The van der Waals surface area contributed by atoms with E-state index < -0.39 is 43.9 Å². The first-order chi connectivity index (χ1) is 35.4. The smallest absolute Gasteiger partial charge is 0.415 e. The number of hydrogen-bond donors (Lipinski definition) is 3. The maximum Gasteiger partial charge on any atom is 0.415 e. The lowest BCUT2D eigenvalue weighted by atomic mass is 9.72. The van der Waals surface area contributed by atoms with Crippen molar-refractivity contribution in [3.05, 3.63) is 136 Å². The highest BCUT2D eigenvalue weighted by Gasteiger charge is 2.37. The molecule has 1 heterocycles. The molecule has 2 amide bonds. The van der Waals surface area contributed by atoms with Gasteiger partial charge >= 0.3 is 6.09 Å². The normalized spacial score (nSPS) is 13.9. The van der Waals surface area contributed by atoms with Gasteiger partial charge in [0.05, 0.1) is 34.2 Å². The standard InChI is InChI=1S/C56H61ClN6O10S2/c1-9-27-74(67,68)61-40-13-12-16-45(31-40)75(69,70)62-41-21-25-46(57)47(32-41)59-52(65)51(50(64)36-18-23-44(71-8)24-19-36)73-54(66)63(42-14-10-11-15-42)43-22-17-37(35(2)28-43)29-38(33-58)53-60-48-30-39(20-26-49(48)72-53)56(6,7)34-55(3,4)5/h12-13,16-26,28-32,42,51,61-62H,9-11,14-15,27,34H2,1-8H3,(H,59,65)/b38-29+. The molecule has 1 aliphatic rings. The molecule has 1 unspecified atom stereocenters. The van der Waals surface area contributed by atoms with Crippen LogP contribution in [0.4, 0.5) is 27.5 Å². The zero-order valence-electron chi connectivity index (χ0n) is 43.1. The molecule has 0 spiro atoms. The van der Waals surface area contributed by atoms with Crippen LogP contribution in [0.1, 0.15) is 113 Å². The summed E-state index contributed by atoms with van der Waals surface area (Å²) in [6.45, 7) is 14.6. The van der Waals surface area contributed by atoms with Crippen LogP contribution in [0.2, 0.25) is 5.02 Å². The molecule has 1 atom stereocenters. The number of ketones is 1. The number of anilines is 4. The number of aryl methyl sites for hydroxylation is 1. The van der Waals surface area contributed by atoms with E-state index in [4.69, 9.17) is 30.5 Å². The minimum Gasteiger partial charge on any atom is -0.497 e. The number of aromatic nitrogens is 1. The number of ether oxygens (including phenoxy) is 2. The van der Waals surface area contributed by atoms with E-state index in [9.17, 15) is 36.5 Å². The molecule has 394 valence electrons. The fourth-order valence-electron chi connectivity index (χ4n) is 9.40. The molecule has 7 rings (SSSR count). The molecule has 1 aliphatic carbocycles. The van der Waals surface area contributed by atoms with Crippen LogP contribution in [0.5, 0.6) is 5.75 Å². The number of benzene rings is 5. The number of oxazole rings is 1. The summed E-state index contributed by atoms with van der Waals surface area (Å²) in [7, 11) is -6.60. The third-order valence-corrected chi connectivity index (χ3v) is 15.8. The van der Waals surface area contributed by atoms with Crippen LogP contribution in [0.3, 0.4) is 0 Å². The van der Waals surface area contributed by atoms with E-state index in [0.717, 1.165) is 30.9 Å². The Morgan fingerprint density at radius 1 is 0.907 bits per heavy atom. The van der Waals surface area contributed by atoms with Gasteiger partial charge in [-0.05, 0) is 151 Å². The van der Waals surface area contributed by atoms with Crippen molar-refractivity contribution in [1.29, 1.82) is 5.26 Å². The SMILES string of the molecule is CCCS(=O)(=O)Nc1cccc(S(=O)(=O)Nc2ccc(Cl)c(NC(=O)C(OC(=O)N(c3ccc(/C=C(\C#N)c4nc5cc(C(C)(C)CC(C)(C)C)ccc5o4)c(C)c3)C3CCCC3)C(=O)c3ccc(OC)cc3)c2)c1. The van der Waals surface area contributed by atoms with Crippen molar-refractivity contribution in [3.63, 3.8) is 0 Å². The zero-order valence-corrected chi connectivity index (χ0v) is 45.5. The number of nitrogens with zero attached hydrogens (tertiary/aromatic N) is 3. The van der Waals surface area contributed by atoms with Crippen molar-refractivity contribution in [2.45, 2.75) is 109 Å². The number of hydrogen-bond acceptors (Lipinski definition) is 12. The fourth-order valence-corrected chi connectivity index (χ4v) is 11.8. The Morgan fingerprint density at radius 2 is 1.61 bits per heavy atom. The second-order valence-corrected chi connectivity index (χ2v) is 24.4. The lowest BCUT2D eigenvalue weighted by Crippen LogP contribution is -2.46. The number of allylic oxidation sites excluding steroid dienone is 1. The number of sulfonamides is 2. The number of nitriles is 1. The topological polar surface area (TPSA) is 227 Å². The molecule has 1 fully saturated rings. The number of methoxy groups -OCH3 is 1. The molecule has 0 bridgehead atoms. The molecule has 0 radical (unpaired) electrons. The van der Waals surface area contributed by atoms with Gasteiger partial charge in [-0.25, -0.2) is 26.6 Å². The number of Topliss-reactive ketones (excluding diaryl/α,β-unsaturated/α-hetero) is 1. The number of nitrogens with one attached hydrogen (secondary N) is 3. The van der Waals surface area contributed by atoms with Gasteiger partial charge in [-0.1, -0.05) is 84.2 Å². The van der Waals surface area contributed by atoms with Gasteiger partial charge in [-0.3, -0.25) is 23.9 Å². The molecule has 0 saturated heterocycles. The highest BCUT2D eigenvalue weighted by molar-refractivity contribution is 7.93. The molecule has 6 aromatic rings. The first kappa shape index (κ1) is 55.5. The third-order valence-electron chi connectivity index (χ3n) is 12.6. The summed E-state index contributed by atoms with van der Waals surface area (Å²) in [5, 5.41) is 12.9. The third kappa shape index (κ3) is 13.8. The molecule has 75 heavy (non-hydrogen) atoms. The van der Waals surface area contributed by atoms with Crippen LogP contribution in [-0.4, -0.2) is 64.6 Å². The summed E-state index contributed by atoms with van der Waals surface area (Å²) in [6, 6.07) is 28.0. The van der Waals surface area contributed by atoms with Crippen LogP contribution in [0.25, 0.3) is 22.7 Å². The van der Waals surface area contributed by atoms with Crippen molar-refractivity contribution in [2.75, 3.05) is 32.5 Å². The maximum absolute atomic E-state index is 14.7. The molecule has 5 aromatic carbocycles. The maximum atomic E-state index is 14.7. The number of fused-ring (bicyclic) bond motifs is 1. The van der Waals surface area contributed by atoms with E-state index in [1.54, 1.807) is 31.2 Å². The van der Waals surface area contributed by atoms with Crippen molar-refractivity contribution in [3.8, 4) is 11.8 Å². The summed E-state index contributed by atoms with van der Waals surface area (Å²) in [5.74, 6) is -1.53. The number of carbonyl (C=O) groups excluding carboxylic acids is 3. The molecular formula is C56H61ClN6O10S2. The Labute approximate surface area is 443 Å². The average molecular weight is 1080 g/mol. The summed E-state index contributed by atoms with van der Waals surface area (Å²) in [5.41, 5.74) is 4.11. The van der Waals surface area contributed by atoms with E-state index in [0.29, 0.717) is 52.9 Å². The van der Waals surface area contributed by atoms with Gasteiger partial charge in [0.15, 0.2) is 5.58 Å². The molecule has 0 aliphatic heterocycles. The van der Waals surface area contributed by atoms with Crippen molar-refractivity contribution >= 4 is 94.9 Å². The van der Waals surface area contributed by atoms with Gasteiger partial charge in [0.1, 0.15) is 22.9 Å². The van der Waals surface area contributed by atoms with Crippen LogP contribution in [0.15, 0.2) is 112 Å². The van der Waals surface area contributed by atoms with E-state index in [1.807, 2.05) is 25.1 Å². The largest absolute Gasteiger partial charge is 0.497 e. The second kappa shape index (κ2) is 22.7. The fraction of sp³-hybridized carbons (Fsp3) is 0.339. The number of halogens is 1. The van der Waals surface area contributed by atoms with Crippen molar-refractivity contribution in [2.24, 2.45) is 5.41 Å². The Morgan fingerprint density at radius 3 is 2.27 bits per heavy atom. The minimum atomic E-state index is -4.34. The molecule has 3 N–H and O–H groups in total. The molecule has 16 nitrogen and oxygen atoms in total. The lowest BCUT2D eigenvalue weighted by Gasteiger charge is -2.32. The van der Waals surface area contributed by atoms with Gasteiger partial charge < -0.3 is 19.2 Å². The predicted octanol–water partition coefficient (Wildman–Crippen LogP) is 12.3. The quantitative estimate of drug-likeness (QED) is 0.0391. The van der Waals surface area contributed by atoms with E-state index in [-0.39, 0.29) is 66.6 Å². The molecule has 19 heteroatoms. The van der Waals surface area contributed by atoms with Gasteiger partial charge in [0.25, 0.3) is 15.9 Å². The monoisotopic (exact) mass is 1080 g/mol. The number of carbonyl (C=O) groups is 3. The predicted molar refractivity (Wildman–Crippen MR) is 293 cm³/mol. The van der Waals surface area contributed by atoms with Gasteiger partial charge in [-0.15, -0.1) is 0 Å². The molecular weight excluding hydrogens is 1020 g/mol. The lowest BCUT2D eigenvalue weighted by molar-refractivity contribution is -0.122. The second-order valence-electron chi connectivity index (χ2n) is 20.4. The first-order valence-electron chi connectivity index (χ1n) is 24.4. The minimum absolute atomic E-state index is 0.0204. The molecule has 1 saturated carbocycles. The van der Waals surface area contributed by atoms with E-state index in [1.165, 1.54) is 72.7 Å². The van der Waals surface area contributed by atoms with Crippen LogP contribution < -0.4 is 24.4 Å². The van der Waals surface area contributed by atoms with Gasteiger partial charge in [0, 0.05) is 23.0 Å². The summed E-state index contributed by atoms with van der Waals surface area (Å²) in [6.07, 6.45) is 2.76. The highest BCUT2D eigenvalue weighted by Crippen LogP contribution is 2.38. The Bertz CT molecular complexity index is 3430. The highest BCUT2D eigenvalue weighted by atomic mass is 35.5. The number of amides is 2. The van der Waals surface area contributed by atoms with Crippen LogP contribution >= 0.6 is 11.6 Å². The Balaban J connectivity index is 1.16. The first-order valence-corrected chi connectivity index (χ1v) is 28.0. The summed E-state index contributed by atoms with van der Waals surface area (Å²) < 4.78 is 74.1. The summed E-state index contributed by atoms with van der Waals surface area (Å²) >= 11 is 6.55. The van der Waals surface area contributed by atoms with Crippen molar-refractivity contribution in [1.82, 2.24) is 4.98 Å².